The summed E-state index contributed by atoms with van der Waals surface area (Å²) in [5, 5.41) is 14.2. The van der Waals surface area contributed by atoms with Crippen molar-refractivity contribution in [3.63, 3.8) is 0 Å². The van der Waals surface area contributed by atoms with Crippen LogP contribution in [0.2, 0.25) is 0 Å². The topological polar surface area (TPSA) is 112 Å². The highest BCUT2D eigenvalue weighted by molar-refractivity contribution is 5.91. The van der Waals surface area contributed by atoms with E-state index in [1.807, 2.05) is 0 Å². The van der Waals surface area contributed by atoms with Gasteiger partial charge in [-0.3, -0.25) is 14.5 Å². The van der Waals surface area contributed by atoms with Crippen molar-refractivity contribution >= 4 is 35.7 Å². The minimum absolute atomic E-state index is 0.138. The summed E-state index contributed by atoms with van der Waals surface area (Å²) in [4.78, 5) is 37.2. The first-order valence-corrected chi connectivity index (χ1v) is 8.52. The van der Waals surface area contributed by atoms with Gasteiger partial charge in [0.1, 0.15) is 18.3 Å². The Morgan fingerprint density at radius 1 is 1.39 bits per heavy atom. The molecule has 0 aromatic heterocycles. The Bertz CT molecular complexity index is 817. The van der Waals surface area contributed by atoms with Gasteiger partial charge in [0, 0.05) is 13.5 Å². The molecule has 0 aliphatic carbocycles. The van der Waals surface area contributed by atoms with E-state index in [-0.39, 0.29) is 31.9 Å². The molecule has 1 aromatic rings. The summed E-state index contributed by atoms with van der Waals surface area (Å²) in [7, 11) is 0. The van der Waals surface area contributed by atoms with Gasteiger partial charge in [-0.2, -0.15) is 5.10 Å². The van der Waals surface area contributed by atoms with Gasteiger partial charge in [0.05, 0.1) is 31.1 Å². The molecule has 150 valence electrons. The van der Waals surface area contributed by atoms with Gasteiger partial charge < -0.3 is 19.5 Å². The van der Waals surface area contributed by atoms with Gasteiger partial charge >= 0.3 is 12.1 Å². The van der Waals surface area contributed by atoms with E-state index in [0.717, 1.165) is 5.01 Å². The van der Waals surface area contributed by atoms with Gasteiger partial charge in [-0.1, -0.05) is 0 Å². The summed E-state index contributed by atoms with van der Waals surface area (Å²) in [5.74, 6) is -1.62. The maximum atomic E-state index is 14.6. The number of rotatable bonds is 5. The average molecular weight is 394 g/mol. The summed E-state index contributed by atoms with van der Waals surface area (Å²) in [6.07, 6.45) is 0.0201. The molecule has 3 rings (SSSR count). The molecule has 2 aliphatic rings. The van der Waals surface area contributed by atoms with Crippen molar-refractivity contribution in [1.82, 2.24) is 5.01 Å². The summed E-state index contributed by atoms with van der Waals surface area (Å²) >= 11 is 0. The summed E-state index contributed by atoms with van der Waals surface area (Å²) in [6, 6.07) is 4.25. The first-order chi connectivity index (χ1) is 13.4. The second-order valence-electron chi connectivity index (χ2n) is 6.16. The number of carbonyl (C=O) groups excluding carboxylic acids is 3. The van der Waals surface area contributed by atoms with Crippen LogP contribution in [-0.4, -0.2) is 73.4 Å². The van der Waals surface area contributed by atoms with Crippen molar-refractivity contribution in [2.45, 2.75) is 13.0 Å². The van der Waals surface area contributed by atoms with Crippen LogP contribution >= 0.6 is 0 Å². The largest absolute Gasteiger partial charge is 0.456 e. The lowest BCUT2D eigenvalue weighted by Gasteiger charge is -2.29. The number of nitrogens with zero attached hydrogens (tertiary/aromatic N) is 4. The van der Waals surface area contributed by atoms with Crippen molar-refractivity contribution < 1.29 is 33.4 Å². The van der Waals surface area contributed by atoms with E-state index in [2.05, 4.69) is 9.84 Å². The molecule has 28 heavy (non-hydrogen) atoms. The van der Waals surface area contributed by atoms with Crippen LogP contribution < -0.4 is 9.80 Å². The van der Waals surface area contributed by atoms with Gasteiger partial charge in [0.2, 0.25) is 0 Å². The van der Waals surface area contributed by atoms with Gasteiger partial charge in [-0.05, 0) is 18.2 Å². The van der Waals surface area contributed by atoms with Crippen LogP contribution in [0.1, 0.15) is 6.92 Å². The Labute approximate surface area is 159 Å². The number of esters is 1. The predicted octanol–water partition coefficient (Wildman–Crippen LogP) is 0.298. The van der Waals surface area contributed by atoms with Crippen LogP contribution in [0.3, 0.4) is 0 Å². The standard InChI is InChI=1S/C17H19FN4O6/c1-11(24)27-9-16(25)22-5-4-20(10-19-22)15-3-2-12(6-14(15)18)21-7-13(8-23)28-17(21)26/h2-3,6,10,13,23H,4-5,7-9H2,1H3/t13-/m1/s1. The van der Waals surface area contributed by atoms with E-state index in [9.17, 15) is 18.8 Å². The van der Waals surface area contributed by atoms with E-state index in [4.69, 9.17) is 9.84 Å². The van der Waals surface area contributed by atoms with Crippen LogP contribution in [0.25, 0.3) is 0 Å². The second kappa shape index (κ2) is 8.21. The highest BCUT2D eigenvalue weighted by Crippen LogP contribution is 2.28. The van der Waals surface area contributed by atoms with Crippen molar-refractivity contribution in [3.05, 3.63) is 24.0 Å². The summed E-state index contributed by atoms with van der Waals surface area (Å²) in [5.41, 5.74) is 0.542. The van der Waals surface area contributed by atoms with E-state index in [1.165, 1.54) is 35.2 Å². The van der Waals surface area contributed by atoms with Crippen LogP contribution in [0.5, 0.6) is 0 Å². The SMILES string of the molecule is CC(=O)OCC(=O)N1CCN(c2ccc(N3C[C@H](CO)OC3=O)cc2F)C=N1. The first-order valence-electron chi connectivity index (χ1n) is 8.52. The number of hydrogen-bond donors (Lipinski definition) is 1. The van der Waals surface area contributed by atoms with Crippen LogP contribution in [0, 0.1) is 5.82 Å². The number of amides is 2. The molecule has 1 saturated heterocycles. The molecule has 0 bridgehead atoms. The highest BCUT2D eigenvalue weighted by Gasteiger charge is 2.32. The van der Waals surface area contributed by atoms with E-state index in [0.29, 0.717) is 5.69 Å². The van der Waals surface area contributed by atoms with Gasteiger partial charge in [-0.25, -0.2) is 14.2 Å². The minimum atomic E-state index is -0.646. The lowest BCUT2D eigenvalue weighted by molar-refractivity contribution is -0.150. The molecule has 10 nitrogen and oxygen atoms in total. The number of aliphatic hydroxyl groups is 1. The van der Waals surface area contributed by atoms with Gasteiger partial charge in [0.25, 0.3) is 5.91 Å². The third kappa shape index (κ3) is 4.19. The van der Waals surface area contributed by atoms with Crippen molar-refractivity contribution in [3.8, 4) is 0 Å². The van der Waals surface area contributed by atoms with Gasteiger partial charge in [-0.15, -0.1) is 0 Å². The van der Waals surface area contributed by atoms with Crippen LogP contribution in [0.15, 0.2) is 23.3 Å². The zero-order valence-electron chi connectivity index (χ0n) is 15.1. The number of halogens is 1. The average Bonchev–Trinajstić information content (AvgIpc) is 3.07. The third-order valence-corrected chi connectivity index (χ3v) is 4.20. The number of cyclic esters (lactones) is 1. The third-order valence-electron chi connectivity index (χ3n) is 4.20. The molecule has 2 aliphatic heterocycles. The molecular formula is C17H19FN4O6. The van der Waals surface area contributed by atoms with E-state index < -0.39 is 36.5 Å². The number of carbonyl (C=O) groups is 3. The molecule has 11 heteroatoms. The molecule has 1 N–H and O–H groups in total. The Kier molecular flexibility index (Phi) is 5.73. The monoisotopic (exact) mass is 394 g/mol. The number of anilines is 2. The van der Waals surface area contributed by atoms with Crippen molar-refractivity contribution in [1.29, 1.82) is 0 Å². The first kappa shape index (κ1) is 19.5. The Morgan fingerprint density at radius 3 is 2.75 bits per heavy atom. The number of hydrogen-bond acceptors (Lipinski definition) is 8. The number of hydrazone groups is 1. The van der Waals surface area contributed by atoms with Crippen LogP contribution in [0.4, 0.5) is 20.6 Å². The number of aliphatic hydroxyl groups excluding tert-OH is 1. The molecule has 0 spiro atoms. The zero-order chi connectivity index (χ0) is 20.3. The molecule has 1 aromatic carbocycles. The second-order valence-corrected chi connectivity index (χ2v) is 6.16. The molecule has 2 amide bonds. The normalized spacial score (nSPS) is 19.0. The fourth-order valence-electron chi connectivity index (χ4n) is 2.78. The Balaban J connectivity index is 1.67. The van der Waals surface area contributed by atoms with E-state index >= 15 is 0 Å². The predicted molar refractivity (Wildman–Crippen MR) is 95.3 cm³/mol. The lowest BCUT2D eigenvalue weighted by atomic mass is 10.2. The smallest absolute Gasteiger partial charge is 0.414 e. The maximum Gasteiger partial charge on any atom is 0.414 e. The molecule has 0 saturated carbocycles. The minimum Gasteiger partial charge on any atom is -0.456 e. The molecule has 2 heterocycles. The molecule has 1 fully saturated rings. The molecular weight excluding hydrogens is 375 g/mol. The molecule has 1 atom stereocenters. The van der Waals surface area contributed by atoms with Crippen molar-refractivity contribution in [2.75, 3.05) is 42.6 Å². The quantitative estimate of drug-likeness (QED) is 0.715. The maximum absolute atomic E-state index is 14.6. The fourth-order valence-corrected chi connectivity index (χ4v) is 2.78. The summed E-state index contributed by atoms with van der Waals surface area (Å²) in [6.45, 7) is 1.10. The number of ether oxygens (including phenoxy) is 2. The summed E-state index contributed by atoms with van der Waals surface area (Å²) < 4.78 is 24.2. The zero-order valence-corrected chi connectivity index (χ0v) is 15.1. The highest BCUT2D eigenvalue weighted by atomic mass is 19.1. The van der Waals surface area contributed by atoms with Gasteiger partial charge in [0.15, 0.2) is 6.61 Å². The lowest BCUT2D eigenvalue weighted by Crippen LogP contribution is -2.42. The van der Waals surface area contributed by atoms with Crippen LogP contribution in [-0.2, 0) is 19.1 Å². The molecule has 0 radical (unpaired) electrons. The Morgan fingerprint density at radius 2 is 2.18 bits per heavy atom. The number of benzene rings is 1. The van der Waals surface area contributed by atoms with E-state index in [1.54, 1.807) is 6.07 Å². The van der Waals surface area contributed by atoms with Crippen molar-refractivity contribution in [2.24, 2.45) is 5.10 Å². The fraction of sp³-hybridized carbons (Fsp3) is 0.412. The Hall–Kier alpha value is -3.21. The molecule has 0 unspecified atom stereocenters.